The normalized spacial score (nSPS) is 9.73. The number of halogens is 1. The molecule has 1 radical (unpaired) electrons. The standard InChI is InChI=1S/C8H9BFO/c1-2-6-3-4-7(10)5-8(6)9-11/h3-5,11H,2H2,1H3. The summed E-state index contributed by atoms with van der Waals surface area (Å²) in [6.07, 6.45) is 0.798. The molecule has 0 atom stereocenters. The van der Waals surface area contributed by atoms with Gasteiger partial charge in [0.05, 0.1) is 0 Å². The van der Waals surface area contributed by atoms with Gasteiger partial charge in [0.1, 0.15) is 5.82 Å². The molecule has 0 aliphatic heterocycles. The summed E-state index contributed by atoms with van der Waals surface area (Å²) in [5, 5.41) is 8.68. The minimum absolute atomic E-state index is 0.317. The van der Waals surface area contributed by atoms with Crippen LogP contribution in [0, 0.1) is 5.82 Å². The van der Waals surface area contributed by atoms with Gasteiger partial charge in [-0.25, -0.2) is 4.39 Å². The van der Waals surface area contributed by atoms with Crippen LogP contribution in [0.25, 0.3) is 0 Å². The highest BCUT2D eigenvalue weighted by molar-refractivity contribution is 6.46. The Morgan fingerprint density at radius 3 is 2.82 bits per heavy atom. The number of benzene rings is 1. The molecule has 0 spiro atoms. The maximum atomic E-state index is 12.5. The molecule has 1 aromatic carbocycles. The molecular weight excluding hydrogens is 142 g/mol. The van der Waals surface area contributed by atoms with Gasteiger partial charge in [0, 0.05) is 0 Å². The molecule has 0 saturated heterocycles. The lowest BCUT2D eigenvalue weighted by molar-refractivity contribution is 0.610. The summed E-state index contributed by atoms with van der Waals surface area (Å²) in [6.45, 7) is 1.96. The molecule has 1 rings (SSSR count). The molecule has 0 unspecified atom stereocenters. The monoisotopic (exact) mass is 151 g/mol. The average Bonchev–Trinajstić information content (AvgIpc) is 2.04. The van der Waals surface area contributed by atoms with Gasteiger partial charge in [0.15, 0.2) is 0 Å². The fraction of sp³-hybridized carbons (Fsp3) is 0.250. The van der Waals surface area contributed by atoms with Gasteiger partial charge < -0.3 is 5.02 Å². The van der Waals surface area contributed by atoms with Crippen LogP contribution in [0.1, 0.15) is 12.5 Å². The van der Waals surface area contributed by atoms with Gasteiger partial charge in [-0.3, -0.25) is 0 Å². The van der Waals surface area contributed by atoms with Crippen LogP contribution in [0.5, 0.6) is 0 Å². The lowest BCUT2D eigenvalue weighted by Crippen LogP contribution is -2.19. The summed E-state index contributed by atoms with van der Waals surface area (Å²) in [4.78, 5) is 0. The number of aryl methyl sites for hydroxylation is 1. The Bertz CT molecular complexity index is 250. The highest BCUT2D eigenvalue weighted by Crippen LogP contribution is 1.99. The van der Waals surface area contributed by atoms with Gasteiger partial charge in [-0.15, -0.1) is 0 Å². The Kier molecular flexibility index (Phi) is 2.66. The van der Waals surface area contributed by atoms with Gasteiger partial charge in [-0.1, -0.05) is 18.6 Å². The molecule has 0 heterocycles. The van der Waals surface area contributed by atoms with Crippen LogP contribution >= 0.6 is 0 Å². The van der Waals surface area contributed by atoms with Crippen LogP contribution in [-0.4, -0.2) is 12.5 Å². The minimum Gasteiger partial charge on any atom is -0.450 e. The summed E-state index contributed by atoms with van der Waals surface area (Å²) < 4.78 is 12.5. The molecule has 11 heavy (non-hydrogen) atoms. The minimum atomic E-state index is -0.317. The molecule has 0 aromatic heterocycles. The quantitative estimate of drug-likeness (QED) is 0.614. The van der Waals surface area contributed by atoms with E-state index in [-0.39, 0.29) is 5.82 Å². The predicted molar refractivity (Wildman–Crippen MR) is 43.4 cm³/mol. The Balaban J connectivity index is 3.06. The maximum absolute atomic E-state index is 12.5. The second kappa shape index (κ2) is 3.53. The Morgan fingerprint density at radius 2 is 2.27 bits per heavy atom. The van der Waals surface area contributed by atoms with Gasteiger partial charge in [0.25, 0.3) is 0 Å². The number of hydrogen-bond donors (Lipinski definition) is 1. The van der Waals surface area contributed by atoms with E-state index >= 15 is 0 Å². The van der Waals surface area contributed by atoms with Crippen LogP contribution in [-0.2, 0) is 6.42 Å². The van der Waals surface area contributed by atoms with Crippen molar-refractivity contribution in [2.45, 2.75) is 13.3 Å². The smallest absolute Gasteiger partial charge is 0.327 e. The van der Waals surface area contributed by atoms with Crippen molar-refractivity contribution < 1.29 is 9.41 Å². The van der Waals surface area contributed by atoms with Gasteiger partial charge >= 0.3 is 7.48 Å². The first kappa shape index (κ1) is 8.27. The van der Waals surface area contributed by atoms with Crippen molar-refractivity contribution in [3.05, 3.63) is 29.6 Å². The van der Waals surface area contributed by atoms with Crippen LogP contribution in [0.15, 0.2) is 18.2 Å². The summed E-state index contributed by atoms with van der Waals surface area (Å²) in [5.74, 6) is -0.317. The highest BCUT2D eigenvalue weighted by atomic mass is 19.1. The summed E-state index contributed by atoms with van der Waals surface area (Å²) in [6, 6.07) is 4.39. The first-order valence-electron chi connectivity index (χ1n) is 3.53. The first-order valence-corrected chi connectivity index (χ1v) is 3.53. The second-order valence-corrected chi connectivity index (χ2v) is 2.33. The zero-order chi connectivity index (χ0) is 8.27. The van der Waals surface area contributed by atoms with Crippen LogP contribution in [0.4, 0.5) is 4.39 Å². The molecule has 0 aliphatic rings. The van der Waals surface area contributed by atoms with E-state index in [2.05, 4.69) is 0 Å². The Morgan fingerprint density at radius 1 is 1.55 bits per heavy atom. The third-order valence-corrected chi connectivity index (χ3v) is 1.63. The van der Waals surface area contributed by atoms with Crippen LogP contribution in [0.2, 0.25) is 0 Å². The van der Waals surface area contributed by atoms with E-state index in [1.807, 2.05) is 6.92 Å². The lowest BCUT2D eigenvalue weighted by Gasteiger charge is -2.02. The van der Waals surface area contributed by atoms with Crippen molar-refractivity contribution >= 4 is 12.9 Å². The third kappa shape index (κ3) is 1.81. The molecule has 57 valence electrons. The Hall–Kier alpha value is -0.825. The van der Waals surface area contributed by atoms with E-state index in [0.717, 1.165) is 19.5 Å². The van der Waals surface area contributed by atoms with Gasteiger partial charge in [-0.2, -0.15) is 0 Å². The van der Waals surface area contributed by atoms with Crippen LogP contribution < -0.4 is 5.46 Å². The molecule has 3 heteroatoms. The molecule has 0 fully saturated rings. The SMILES string of the molecule is CCc1ccc(F)cc1[B]O. The second-order valence-electron chi connectivity index (χ2n) is 2.33. The summed E-state index contributed by atoms with van der Waals surface area (Å²) >= 11 is 0. The summed E-state index contributed by atoms with van der Waals surface area (Å²) in [5.41, 5.74) is 1.52. The molecule has 0 aliphatic carbocycles. The van der Waals surface area contributed by atoms with E-state index in [4.69, 9.17) is 5.02 Å². The van der Waals surface area contributed by atoms with Gasteiger partial charge in [-0.05, 0) is 24.0 Å². The van der Waals surface area contributed by atoms with Crippen molar-refractivity contribution in [3.63, 3.8) is 0 Å². The lowest BCUT2D eigenvalue weighted by atomic mass is 9.83. The fourth-order valence-corrected chi connectivity index (χ4v) is 1.01. The van der Waals surface area contributed by atoms with E-state index in [1.165, 1.54) is 12.1 Å². The summed E-state index contributed by atoms with van der Waals surface area (Å²) in [7, 11) is 0.932. The Labute approximate surface area is 66.1 Å². The molecular formula is C8H9BFO. The molecule has 1 N–H and O–H groups in total. The maximum Gasteiger partial charge on any atom is 0.327 e. The van der Waals surface area contributed by atoms with Crippen molar-refractivity contribution in [2.24, 2.45) is 0 Å². The van der Waals surface area contributed by atoms with Crippen LogP contribution in [0.3, 0.4) is 0 Å². The predicted octanol–water partition coefficient (Wildman–Crippen LogP) is 0.625. The van der Waals surface area contributed by atoms with E-state index in [1.54, 1.807) is 6.07 Å². The molecule has 1 nitrogen and oxygen atoms in total. The van der Waals surface area contributed by atoms with Crippen molar-refractivity contribution in [3.8, 4) is 0 Å². The van der Waals surface area contributed by atoms with E-state index in [0.29, 0.717) is 5.46 Å². The third-order valence-electron chi connectivity index (χ3n) is 1.63. The first-order chi connectivity index (χ1) is 5.27. The van der Waals surface area contributed by atoms with E-state index < -0.39 is 0 Å². The average molecular weight is 151 g/mol. The fourth-order valence-electron chi connectivity index (χ4n) is 1.01. The largest absolute Gasteiger partial charge is 0.450 e. The number of hydrogen-bond acceptors (Lipinski definition) is 1. The number of rotatable bonds is 2. The van der Waals surface area contributed by atoms with Crippen molar-refractivity contribution in [1.29, 1.82) is 0 Å². The van der Waals surface area contributed by atoms with Crippen molar-refractivity contribution in [2.75, 3.05) is 0 Å². The topological polar surface area (TPSA) is 20.2 Å². The zero-order valence-corrected chi connectivity index (χ0v) is 6.34. The van der Waals surface area contributed by atoms with Crippen molar-refractivity contribution in [1.82, 2.24) is 0 Å². The molecule has 0 bridgehead atoms. The molecule has 0 amide bonds. The highest BCUT2D eigenvalue weighted by Gasteiger charge is 2.01. The molecule has 1 aromatic rings. The van der Waals surface area contributed by atoms with E-state index in [9.17, 15) is 4.39 Å². The zero-order valence-electron chi connectivity index (χ0n) is 6.34. The van der Waals surface area contributed by atoms with Gasteiger partial charge in [0.2, 0.25) is 0 Å². The molecule has 0 saturated carbocycles.